The van der Waals surface area contributed by atoms with E-state index in [-0.39, 0.29) is 41.6 Å². The zero-order valence-electron chi connectivity index (χ0n) is 32.5. The van der Waals surface area contributed by atoms with Gasteiger partial charge in [0, 0.05) is 19.0 Å². The number of benzene rings is 2. The number of hydrogen-bond acceptors (Lipinski definition) is 9. The summed E-state index contributed by atoms with van der Waals surface area (Å²) in [6.45, 7) is 10.1. The van der Waals surface area contributed by atoms with Gasteiger partial charge in [0.25, 0.3) is 5.56 Å². The number of rotatable bonds is 11. The van der Waals surface area contributed by atoms with E-state index in [0.717, 1.165) is 25.0 Å². The first kappa shape index (κ1) is 39.5. The van der Waals surface area contributed by atoms with Gasteiger partial charge in [0.15, 0.2) is 0 Å². The van der Waals surface area contributed by atoms with Crippen LogP contribution in [0.15, 0.2) is 53.5 Å². The molecule has 0 radical (unpaired) electrons. The molecule has 2 aliphatic heterocycles. The quantitative estimate of drug-likeness (QED) is 0.171. The Morgan fingerprint density at radius 3 is 2.52 bits per heavy atom. The van der Waals surface area contributed by atoms with Gasteiger partial charge >= 0.3 is 19.3 Å². The SMILES string of the molecule is CC[C@H](NC(=O)[C@@H]1C[C@@](C)(NC(=O)Nc2cc(OC)ccc2OC)c2ncc(NCc3cccc(C(F)(F)F)c3)c(=O)n21)B1O[C@@H]2C[C@@H]3C[C@@H](C3(C)C)[C@]2(C)O1. The fourth-order valence-corrected chi connectivity index (χ4v) is 9.26. The third-order valence-electron chi connectivity index (χ3n) is 12.5. The summed E-state index contributed by atoms with van der Waals surface area (Å²) in [6, 6.07) is 7.86. The predicted octanol–water partition coefficient (Wildman–Crippen LogP) is 6.04. The van der Waals surface area contributed by atoms with Gasteiger partial charge in [-0.05, 0) is 80.2 Å². The van der Waals surface area contributed by atoms with E-state index < -0.39 is 59.5 Å². The molecule has 8 rings (SSSR count). The maximum Gasteiger partial charge on any atom is 0.481 e. The molecule has 13 nitrogen and oxygen atoms in total. The summed E-state index contributed by atoms with van der Waals surface area (Å²) in [7, 11) is 2.24. The summed E-state index contributed by atoms with van der Waals surface area (Å²) < 4.78 is 65.3. The Balaban J connectivity index is 1.16. The average Bonchev–Trinajstić information content (AvgIpc) is 3.67. The zero-order chi connectivity index (χ0) is 40.4. The molecule has 0 unspecified atom stereocenters. The monoisotopic (exact) mass is 780 g/mol. The second-order valence-corrected chi connectivity index (χ2v) is 16.3. The highest BCUT2D eigenvalue weighted by molar-refractivity contribution is 6.47. The van der Waals surface area contributed by atoms with Crippen LogP contribution in [0, 0.1) is 17.3 Å². The molecule has 2 aromatic carbocycles. The molecule has 3 saturated carbocycles. The van der Waals surface area contributed by atoms with Crippen LogP contribution < -0.4 is 36.3 Å². The smallest absolute Gasteiger partial charge is 0.481 e. The van der Waals surface area contributed by atoms with Crippen molar-refractivity contribution in [1.82, 2.24) is 20.2 Å². The van der Waals surface area contributed by atoms with Crippen molar-refractivity contribution >= 4 is 30.4 Å². The van der Waals surface area contributed by atoms with Crippen LogP contribution in [-0.2, 0) is 32.4 Å². The number of alkyl halides is 3. The molecule has 3 aliphatic carbocycles. The summed E-state index contributed by atoms with van der Waals surface area (Å²) in [5.41, 5.74) is -2.60. The van der Waals surface area contributed by atoms with E-state index in [1.807, 2.05) is 6.92 Å². The molecule has 56 heavy (non-hydrogen) atoms. The Bertz CT molecular complexity index is 2080. The Hall–Kier alpha value is -4.77. The Morgan fingerprint density at radius 2 is 1.84 bits per heavy atom. The van der Waals surface area contributed by atoms with Crippen molar-refractivity contribution in [3.63, 3.8) is 0 Å². The number of hydrogen-bond donors (Lipinski definition) is 4. The topological polar surface area (TPSA) is 154 Å². The molecule has 3 aromatic rings. The maximum absolute atomic E-state index is 14.4. The predicted molar refractivity (Wildman–Crippen MR) is 202 cm³/mol. The van der Waals surface area contributed by atoms with Gasteiger partial charge in [-0.3, -0.25) is 14.2 Å². The number of ether oxygens (including phenoxy) is 2. The van der Waals surface area contributed by atoms with Gasteiger partial charge in [0.05, 0.1) is 54.9 Å². The molecule has 3 heterocycles. The maximum atomic E-state index is 14.4. The van der Waals surface area contributed by atoms with E-state index >= 15 is 0 Å². The van der Waals surface area contributed by atoms with Gasteiger partial charge in [-0.2, -0.15) is 13.2 Å². The minimum absolute atomic E-state index is 0.0353. The summed E-state index contributed by atoms with van der Waals surface area (Å²) in [4.78, 5) is 46.8. The van der Waals surface area contributed by atoms with Crippen LogP contribution >= 0.6 is 0 Å². The van der Waals surface area contributed by atoms with E-state index in [2.05, 4.69) is 47.0 Å². The minimum Gasteiger partial charge on any atom is -0.497 e. The number of fused-ring (bicyclic) bond motifs is 1. The highest BCUT2D eigenvalue weighted by Gasteiger charge is 2.68. The number of carbonyl (C=O) groups excluding carboxylic acids is 2. The highest BCUT2D eigenvalue weighted by atomic mass is 19.4. The van der Waals surface area contributed by atoms with Crippen molar-refractivity contribution < 1.29 is 41.5 Å². The molecule has 4 N–H and O–H groups in total. The number of nitrogens with zero attached hydrogens (tertiary/aromatic N) is 2. The molecule has 300 valence electrons. The fraction of sp³-hybridized carbons (Fsp3) is 0.538. The molecule has 4 fully saturated rings. The van der Waals surface area contributed by atoms with E-state index in [4.69, 9.17) is 18.8 Å². The lowest BCUT2D eigenvalue weighted by Gasteiger charge is -2.64. The van der Waals surface area contributed by atoms with Gasteiger partial charge in [0.1, 0.15) is 29.1 Å². The normalized spacial score (nSPS) is 27.6. The Labute approximate surface area is 323 Å². The van der Waals surface area contributed by atoms with E-state index in [0.29, 0.717) is 35.4 Å². The number of nitrogens with one attached hydrogen (secondary N) is 4. The van der Waals surface area contributed by atoms with Crippen molar-refractivity contribution in [2.75, 3.05) is 24.9 Å². The number of halogens is 3. The summed E-state index contributed by atoms with van der Waals surface area (Å²) in [5, 5.41) is 11.7. The van der Waals surface area contributed by atoms with Crippen molar-refractivity contribution in [2.45, 2.75) is 102 Å². The lowest BCUT2D eigenvalue weighted by molar-refractivity contribution is -0.199. The van der Waals surface area contributed by atoms with Gasteiger partial charge in [-0.25, -0.2) is 9.78 Å². The van der Waals surface area contributed by atoms with Crippen molar-refractivity contribution in [3.8, 4) is 11.5 Å². The van der Waals surface area contributed by atoms with Crippen molar-refractivity contribution in [2.24, 2.45) is 17.3 Å². The molecule has 1 saturated heterocycles. The molecule has 7 atom stereocenters. The van der Waals surface area contributed by atoms with E-state index in [9.17, 15) is 27.6 Å². The third kappa shape index (κ3) is 6.86. The number of urea groups is 1. The van der Waals surface area contributed by atoms with Crippen LogP contribution in [0.1, 0.15) is 83.3 Å². The first-order valence-corrected chi connectivity index (χ1v) is 18.9. The Morgan fingerprint density at radius 1 is 1.07 bits per heavy atom. The van der Waals surface area contributed by atoms with Crippen LogP contribution in [-0.4, -0.2) is 60.5 Å². The molecule has 5 aliphatic rings. The van der Waals surface area contributed by atoms with Gasteiger partial charge < -0.3 is 40.0 Å². The molecule has 17 heteroatoms. The number of carbonyl (C=O) groups is 2. The van der Waals surface area contributed by atoms with Crippen molar-refractivity contribution in [3.05, 3.63) is 76.0 Å². The number of methoxy groups -OCH3 is 2. The lowest BCUT2D eigenvalue weighted by atomic mass is 9.43. The Kier molecular flexibility index (Phi) is 10.1. The minimum atomic E-state index is -4.54. The van der Waals surface area contributed by atoms with E-state index in [1.54, 1.807) is 25.1 Å². The highest BCUT2D eigenvalue weighted by Crippen LogP contribution is 2.65. The summed E-state index contributed by atoms with van der Waals surface area (Å²) >= 11 is 0. The van der Waals surface area contributed by atoms with Crippen molar-refractivity contribution in [1.29, 1.82) is 0 Å². The van der Waals surface area contributed by atoms with E-state index in [1.165, 1.54) is 37.1 Å². The van der Waals surface area contributed by atoms with Gasteiger partial charge in [0.2, 0.25) is 5.91 Å². The first-order valence-electron chi connectivity index (χ1n) is 18.9. The van der Waals surface area contributed by atoms with Crippen LogP contribution in [0.5, 0.6) is 11.5 Å². The third-order valence-corrected chi connectivity index (χ3v) is 12.5. The largest absolute Gasteiger partial charge is 0.497 e. The van der Waals surface area contributed by atoms with Crippen LogP contribution in [0.4, 0.5) is 29.3 Å². The molecule has 3 amide bonds. The molecular formula is C39H48BF3N6O7. The molecule has 0 spiro atoms. The standard InChI is InChI=1S/C39H48BF3N6O7/c1-8-31(40-55-30-16-23-15-29(36(23,2)3)38(30,5)56-40)47-32(50)27-18-37(4,48-35(52)46-25-17-24(53-6)12-13-28(25)54-7)34-45-20-26(33(51)49(27)34)44-19-21-10-9-11-22(14-21)39(41,42)43/h9-14,17,20,23,27,29-31,44H,8,15-16,18-19H2,1-7H3,(H,47,50)(H2,46,48,52)/t23-,27-,29-,30+,31-,37+,38-/m0/s1. The van der Waals surface area contributed by atoms with Gasteiger partial charge in [-0.15, -0.1) is 0 Å². The molecule has 2 bridgehead atoms. The second kappa shape index (κ2) is 14.3. The lowest BCUT2D eigenvalue weighted by Crippen LogP contribution is -2.65. The second-order valence-electron chi connectivity index (χ2n) is 16.3. The number of anilines is 2. The first-order chi connectivity index (χ1) is 26.4. The average molecular weight is 781 g/mol. The number of amides is 3. The van der Waals surface area contributed by atoms with Crippen LogP contribution in [0.25, 0.3) is 0 Å². The molecular weight excluding hydrogens is 732 g/mol. The summed E-state index contributed by atoms with van der Waals surface area (Å²) in [5.74, 6) is 0.765. The van der Waals surface area contributed by atoms with Gasteiger partial charge in [-0.1, -0.05) is 32.9 Å². The number of aromatic nitrogens is 2. The summed E-state index contributed by atoms with van der Waals surface area (Å²) in [6.07, 6.45) is -1.01. The molecule has 1 aromatic heterocycles. The zero-order valence-corrected chi connectivity index (χ0v) is 32.5. The fourth-order valence-electron chi connectivity index (χ4n) is 9.26. The van der Waals surface area contributed by atoms with Crippen LogP contribution in [0.3, 0.4) is 0 Å². The van der Waals surface area contributed by atoms with Crippen LogP contribution in [0.2, 0.25) is 0 Å².